The standard InChI is InChI=1S/C21H17ClN2O3/c1-12(18-11-14-4-3-5-17(26-2)20(14)27-18)23-21(25)15-6-8-16-13(10-15)7-9-19(22)24-16/h3-12H,1-2H3,(H,23,25). The van der Waals surface area contributed by atoms with Crippen molar-refractivity contribution in [2.45, 2.75) is 13.0 Å². The molecule has 0 fully saturated rings. The van der Waals surface area contributed by atoms with Crippen molar-refractivity contribution >= 4 is 39.4 Å². The molecule has 1 amide bonds. The lowest BCUT2D eigenvalue weighted by Crippen LogP contribution is -2.26. The van der Waals surface area contributed by atoms with Gasteiger partial charge in [0, 0.05) is 16.3 Å². The number of halogens is 1. The summed E-state index contributed by atoms with van der Waals surface area (Å²) in [5.41, 5.74) is 1.97. The second-order valence-corrected chi connectivity index (χ2v) is 6.65. The average Bonchev–Trinajstić information content (AvgIpc) is 3.12. The SMILES string of the molecule is COc1cccc2cc(C(C)NC(=O)c3ccc4nc(Cl)ccc4c3)oc12. The molecule has 27 heavy (non-hydrogen) atoms. The van der Waals surface area contributed by atoms with Crippen LogP contribution in [0.3, 0.4) is 0 Å². The summed E-state index contributed by atoms with van der Waals surface area (Å²) in [6.07, 6.45) is 0. The molecule has 5 nitrogen and oxygen atoms in total. The number of rotatable bonds is 4. The first kappa shape index (κ1) is 17.4. The van der Waals surface area contributed by atoms with Crippen LogP contribution < -0.4 is 10.1 Å². The number of pyridine rings is 1. The molecule has 4 rings (SSSR count). The molecule has 6 heteroatoms. The van der Waals surface area contributed by atoms with Crippen LogP contribution in [0.2, 0.25) is 5.15 Å². The number of amides is 1. The molecule has 0 aliphatic carbocycles. The van der Waals surface area contributed by atoms with Crippen LogP contribution in [0.15, 0.2) is 59.0 Å². The molecule has 2 aromatic carbocycles. The fourth-order valence-corrected chi connectivity index (χ4v) is 3.18. The zero-order valence-electron chi connectivity index (χ0n) is 14.8. The highest BCUT2D eigenvalue weighted by Gasteiger charge is 2.17. The van der Waals surface area contributed by atoms with Crippen molar-refractivity contribution in [2.24, 2.45) is 0 Å². The minimum atomic E-state index is -0.298. The third-order valence-corrected chi connectivity index (χ3v) is 4.65. The summed E-state index contributed by atoms with van der Waals surface area (Å²) in [6, 6.07) is 16.2. The first-order valence-corrected chi connectivity index (χ1v) is 8.86. The van der Waals surface area contributed by atoms with Crippen molar-refractivity contribution < 1.29 is 13.9 Å². The van der Waals surface area contributed by atoms with Crippen LogP contribution in [0.25, 0.3) is 21.9 Å². The van der Waals surface area contributed by atoms with E-state index >= 15 is 0 Å². The lowest BCUT2D eigenvalue weighted by molar-refractivity contribution is 0.0936. The lowest BCUT2D eigenvalue weighted by Gasteiger charge is -2.12. The van der Waals surface area contributed by atoms with Gasteiger partial charge in [-0.3, -0.25) is 4.79 Å². The summed E-state index contributed by atoms with van der Waals surface area (Å²) < 4.78 is 11.2. The quantitative estimate of drug-likeness (QED) is 0.498. The fourth-order valence-electron chi connectivity index (χ4n) is 3.02. The Morgan fingerprint density at radius 3 is 2.81 bits per heavy atom. The van der Waals surface area contributed by atoms with Crippen LogP contribution in [0.4, 0.5) is 0 Å². The number of methoxy groups -OCH3 is 1. The topological polar surface area (TPSA) is 64.4 Å². The molecule has 0 aliphatic heterocycles. The first-order chi connectivity index (χ1) is 13.0. The van der Waals surface area contributed by atoms with E-state index in [2.05, 4.69) is 10.3 Å². The third kappa shape index (κ3) is 3.34. The second-order valence-electron chi connectivity index (χ2n) is 6.26. The Balaban J connectivity index is 1.58. The number of carbonyl (C=O) groups excluding carboxylic acids is 1. The van der Waals surface area contributed by atoms with Crippen molar-refractivity contribution in [1.29, 1.82) is 0 Å². The van der Waals surface area contributed by atoms with Crippen molar-refractivity contribution in [1.82, 2.24) is 10.3 Å². The number of benzene rings is 2. The third-order valence-electron chi connectivity index (χ3n) is 4.44. The molecule has 0 aliphatic rings. The number of ether oxygens (including phenoxy) is 1. The van der Waals surface area contributed by atoms with Crippen molar-refractivity contribution in [3.8, 4) is 5.75 Å². The summed E-state index contributed by atoms with van der Waals surface area (Å²) in [5, 5.41) is 5.18. The maximum absolute atomic E-state index is 12.7. The smallest absolute Gasteiger partial charge is 0.251 e. The molecule has 136 valence electrons. The highest BCUT2D eigenvalue weighted by molar-refractivity contribution is 6.29. The summed E-state index contributed by atoms with van der Waals surface area (Å²) >= 11 is 5.90. The maximum atomic E-state index is 12.7. The summed E-state index contributed by atoms with van der Waals surface area (Å²) in [4.78, 5) is 16.9. The van der Waals surface area contributed by atoms with Gasteiger partial charge in [0.05, 0.1) is 18.7 Å². The number of hydrogen-bond donors (Lipinski definition) is 1. The van der Waals surface area contributed by atoms with Crippen LogP contribution >= 0.6 is 11.6 Å². The number of furan rings is 1. The number of carbonyl (C=O) groups is 1. The molecule has 1 atom stereocenters. The van der Waals surface area contributed by atoms with Crippen LogP contribution in [-0.4, -0.2) is 18.0 Å². The van der Waals surface area contributed by atoms with Gasteiger partial charge in [0.1, 0.15) is 10.9 Å². The molecule has 1 unspecified atom stereocenters. The molecule has 2 heterocycles. The summed E-state index contributed by atoms with van der Waals surface area (Å²) in [7, 11) is 1.60. The predicted octanol–water partition coefficient (Wildman–Crippen LogP) is 5.13. The molecule has 1 N–H and O–H groups in total. The minimum absolute atomic E-state index is 0.188. The Bertz CT molecular complexity index is 1150. The van der Waals surface area contributed by atoms with Crippen LogP contribution in [0.1, 0.15) is 29.1 Å². The zero-order chi connectivity index (χ0) is 19.0. The summed E-state index contributed by atoms with van der Waals surface area (Å²) in [5.74, 6) is 1.14. The van der Waals surface area contributed by atoms with Gasteiger partial charge in [-0.25, -0.2) is 4.98 Å². The molecular formula is C21H17ClN2O3. The van der Waals surface area contributed by atoms with E-state index in [-0.39, 0.29) is 11.9 Å². The van der Waals surface area contributed by atoms with Gasteiger partial charge in [0.25, 0.3) is 5.91 Å². The Morgan fingerprint density at radius 2 is 2.00 bits per heavy atom. The van der Waals surface area contributed by atoms with E-state index in [9.17, 15) is 4.79 Å². The number of aromatic nitrogens is 1. The van der Waals surface area contributed by atoms with E-state index in [0.29, 0.717) is 27.8 Å². The largest absolute Gasteiger partial charge is 0.493 e. The van der Waals surface area contributed by atoms with Gasteiger partial charge in [-0.15, -0.1) is 0 Å². The van der Waals surface area contributed by atoms with Crippen molar-refractivity contribution in [3.63, 3.8) is 0 Å². The van der Waals surface area contributed by atoms with Gasteiger partial charge >= 0.3 is 0 Å². The highest BCUT2D eigenvalue weighted by Crippen LogP contribution is 2.31. The Kier molecular flexibility index (Phi) is 4.46. The van der Waals surface area contributed by atoms with E-state index in [4.69, 9.17) is 20.8 Å². The van der Waals surface area contributed by atoms with Gasteiger partial charge in [0.15, 0.2) is 11.3 Å². The molecule has 0 saturated carbocycles. The monoisotopic (exact) mass is 380 g/mol. The van der Waals surface area contributed by atoms with Crippen LogP contribution in [0, 0.1) is 0 Å². The molecular weight excluding hydrogens is 364 g/mol. The van der Waals surface area contributed by atoms with E-state index in [1.54, 1.807) is 31.4 Å². The number of nitrogens with zero attached hydrogens (tertiary/aromatic N) is 1. The van der Waals surface area contributed by atoms with Crippen molar-refractivity contribution in [3.05, 3.63) is 71.1 Å². The van der Waals surface area contributed by atoms with Gasteiger partial charge in [0.2, 0.25) is 0 Å². The van der Waals surface area contributed by atoms with Crippen molar-refractivity contribution in [2.75, 3.05) is 7.11 Å². The number of fused-ring (bicyclic) bond motifs is 2. The molecule has 4 aromatic rings. The van der Waals surface area contributed by atoms with Gasteiger partial charge < -0.3 is 14.5 Å². The molecule has 0 spiro atoms. The van der Waals surface area contributed by atoms with Gasteiger partial charge in [-0.1, -0.05) is 23.7 Å². The fraction of sp³-hybridized carbons (Fsp3) is 0.143. The molecule has 0 radical (unpaired) electrons. The zero-order valence-corrected chi connectivity index (χ0v) is 15.6. The van der Waals surface area contributed by atoms with Crippen LogP contribution in [0.5, 0.6) is 5.75 Å². The molecule has 0 saturated heterocycles. The average molecular weight is 381 g/mol. The van der Waals surface area contributed by atoms with E-state index in [0.717, 1.165) is 16.3 Å². The summed E-state index contributed by atoms with van der Waals surface area (Å²) in [6.45, 7) is 1.88. The Morgan fingerprint density at radius 1 is 1.15 bits per heavy atom. The Labute approximate surface area is 160 Å². The van der Waals surface area contributed by atoms with Crippen LogP contribution in [-0.2, 0) is 0 Å². The van der Waals surface area contributed by atoms with Gasteiger partial charge in [-0.2, -0.15) is 0 Å². The maximum Gasteiger partial charge on any atom is 0.251 e. The van der Waals surface area contributed by atoms with E-state index in [1.165, 1.54) is 0 Å². The van der Waals surface area contributed by atoms with Gasteiger partial charge in [-0.05, 0) is 49.4 Å². The lowest BCUT2D eigenvalue weighted by atomic mass is 10.1. The molecule has 0 bridgehead atoms. The molecule has 2 aromatic heterocycles. The predicted molar refractivity (Wildman–Crippen MR) is 105 cm³/mol. The highest BCUT2D eigenvalue weighted by atomic mass is 35.5. The normalized spacial score (nSPS) is 12.3. The Hall–Kier alpha value is -3.05. The number of hydrogen-bond acceptors (Lipinski definition) is 4. The number of para-hydroxylation sites is 1. The van der Waals surface area contributed by atoms with E-state index in [1.807, 2.05) is 37.3 Å². The van der Waals surface area contributed by atoms with E-state index < -0.39 is 0 Å². The first-order valence-electron chi connectivity index (χ1n) is 8.49. The second kappa shape index (κ2) is 6.93. The number of nitrogens with one attached hydrogen (secondary N) is 1. The minimum Gasteiger partial charge on any atom is -0.493 e.